The second-order valence-corrected chi connectivity index (χ2v) is 4.63. The summed E-state index contributed by atoms with van der Waals surface area (Å²) in [7, 11) is 2.05. The van der Waals surface area contributed by atoms with E-state index in [2.05, 4.69) is 22.2 Å². The van der Waals surface area contributed by atoms with E-state index in [1.807, 2.05) is 11.7 Å². The lowest BCUT2D eigenvalue weighted by Crippen LogP contribution is -2.47. The Hall–Kier alpha value is -1.19. The van der Waals surface area contributed by atoms with Crippen molar-refractivity contribution < 1.29 is 0 Å². The molecule has 0 aromatic carbocycles. The van der Waals surface area contributed by atoms with Crippen LogP contribution in [0.4, 0.5) is 11.5 Å². The fraction of sp³-hybridized carbons (Fsp3) is 0.727. The smallest absolute Gasteiger partial charge is 0.150 e. The van der Waals surface area contributed by atoms with Crippen LogP contribution in [-0.2, 0) is 7.05 Å². The van der Waals surface area contributed by atoms with Gasteiger partial charge in [-0.15, -0.1) is 0 Å². The molecule has 1 aromatic rings. The highest BCUT2D eigenvalue weighted by Gasteiger charge is 2.31. The van der Waals surface area contributed by atoms with Crippen LogP contribution in [0.2, 0.25) is 0 Å². The van der Waals surface area contributed by atoms with Gasteiger partial charge in [0.25, 0.3) is 0 Å². The quantitative estimate of drug-likeness (QED) is 0.698. The summed E-state index contributed by atoms with van der Waals surface area (Å²) in [6, 6.07) is 0.682. The van der Waals surface area contributed by atoms with E-state index in [1.165, 1.54) is 37.3 Å². The second-order valence-electron chi connectivity index (χ2n) is 4.63. The maximum Gasteiger partial charge on any atom is 0.150 e. The zero-order valence-electron chi connectivity index (χ0n) is 9.45. The zero-order chi connectivity index (χ0) is 10.4. The molecule has 0 aliphatic carbocycles. The molecular formula is C11H18N4. The molecule has 1 atom stereocenters. The Kier molecular flexibility index (Phi) is 1.90. The molecule has 0 spiro atoms. The SMILES string of the molecule is Cc1nn(C)c2c1NC[C@H]1CCCCN21. The predicted molar refractivity (Wildman–Crippen MR) is 61.4 cm³/mol. The third-order valence-electron chi connectivity index (χ3n) is 3.61. The lowest BCUT2D eigenvalue weighted by atomic mass is 10.00. The number of aromatic nitrogens is 2. The number of nitrogens with zero attached hydrogens (tertiary/aromatic N) is 3. The Balaban J connectivity index is 2.05. The summed E-state index contributed by atoms with van der Waals surface area (Å²) in [5.41, 5.74) is 2.37. The van der Waals surface area contributed by atoms with E-state index >= 15 is 0 Å². The van der Waals surface area contributed by atoms with Gasteiger partial charge in [0.05, 0.1) is 5.69 Å². The molecule has 0 bridgehead atoms. The molecule has 1 saturated heterocycles. The van der Waals surface area contributed by atoms with Crippen LogP contribution in [0.1, 0.15) is 25.0 Å². The molecule has 82 valence electrons. The van der Waals surface area contributed by atoms with Crippen LogP contribution >= 0.6 is 0 Å². The zero-order valence-corrected chi connectivity index (χ0v) is 9.45. The molecule has 15 heavy (non-hydrogen) atoms. The van der Waals surface area contributed by atoms with Gasteiger partial charge in [0.15, 0.2) is 5.82 Å². The van der Waals surface area contributed by atoms with Gasteiger partial charge in [-0.3, -0.25) is 4.68 Å². The highest BCUT2D eigenvalue weighted by atomic mass is 15.4. The number of fused-ring (bicyclic) bond motifs is 3. The largest absolute Gasteiger partial charge is 0.378 e. The molecule has 1 N–H and O–H groups in total. The highest BCUT2D eigenvalue weighted by molar-refractivity contribution is 5.72. The molecule has 0 radical (unpaired) electrons. The van der Waals surface area contributed by atoms with E-state index in [9.17, 15) is 0 Å². The number of hydrogen-bond donors (Lipinski definition) is 1. The van der Waals surface area contributed by atoms with Crippen LogP contribution in [0.3, 0.4) is 0 Å². The Bertz CT molecular complexity index is 382. The molecule has 0 amide bonds. The van der Waals surface area contributed by atoms with Crippen LogP contribution in [0.25, 0.3) is 0 Å². The first-order chi connectivity index (χ1) is 7.27. The van der Waals surface area contributed by atoms with Gasteiger partial charge in [-0.05, 0) is 26.2 Å². The fourth-order valence-electron chi connectivity index (χ4n) is 2.89. The van der Waals surface area contributed by atoms with Crippen molar-refractivity contribution in [3.05, 3.63) is 5.69 Å². The minimum absolute atomic E-state index is 0.682. The van der Waals surface area contributed by atoms with E-state index in [4.69, 9.17) is 0 Å². The van der Waals surface area contributed by atoms with E-state index in [1.54, 1.807) is 0 Å². The van der Waals surface area contributed by atoms with Crippen molar-refractivity contribution in [1.29, 1.82) is 0 Å². The van der Waals surface area contributed by atoms with Gasteiger partial charge >= 0.3 is 0 Å². The number of piperidine rings is 1. The molecule has 4 nitrogen and oxygen atoms in total. The van der Waals surface area contributed by atoms with Crippen molar-refractivity contribution in [2.75, 3.05) is 23.3 Å². The van der Waals surface area contributed by atoms with Crippen molar-refractivity contribution in [3.8, 4) is 0 Å². The predicted octanol–water partition coefficient (Wildman–Crippen LogP) is 1.51. The Morgan fingerprint density at radius 2 is 2.27 bits per heavy atom. The lowest BCUT2D eigenvalue weighted by Gasteiger charge is -2.41. The van der Waals surface area contributed by atoms with Crippen molar-refractivity contribution in [1.82, 2.24) is 9.78 Å². The third kappa shape index (κ3) is 1.24. The molecule has 0 saturated carbocycles. The molecule has 2 aliphatic heterocycles. The van der Waals surface area contributed by atoms with E-state index in [-0.39, 0.29) is 0 Å². The number of hydrogen-bond acceptors (Lipinski definition) is 3. The monoisotopic (exact) mass is 206 g/mol. The minimum Gasteiger partial charge on any atom is -0.378 e. The van der Waals surface area contributed by atoms with Crippen molar-refractivity contribution in [3.63, 3.8) is 0 Å². The van der Waals surface area contributed by atoms with Crippen LogP contribution < -0.4 is 10.2 Å². The average Bonchev–Trinajstić information content (AvgIpc) is 2.55. The average molecular weight is 206 g/mol. The highest BCUT2D eigenvalue weighted by Crippen LogP contribution is 2.36. The van der Waals surface area contributed by atoms with E-state index < -0.39 is 0 Å². The molecule has 3 heterocycles. The number of nitrogens with one attached hydrogen (secondary N) is 1. The van der Waals surface area contributed by atoms with Crippen LogP contribution in [0.5, 0.6) is 0 Å². The Morgan fingerprint density at radius 1 is 1.40 bits per heavy atom. The van der Waals surface area contributed by atoms with Crippen LogP contribution in [-0.4, -0.2) is 28.9 Å². The van der Waals surface area contributed by atoms with Crippen LogP contribution in [0, 0.1) is 6.92 Å². The first-order valence-electron chi connectivity index (χ1n) is 5.81. The lowest BCUT2D eigenvalue weighted by molar-refractivity contribution is 0.456. The topological polar surface area (TPSA) is 33.1 Å². The van der Waals surface area contributed by atoms with E-state index in [0.29, 0.717) is 6.04 Å². The van der Waals surface area contributed by atoms with Gasteiger partial charge in [0, 0.05) is 26.2 Å². The number of aryl methyl sites for hydroxylation is 2. The van der Waals surface area contributed by atoms with Crippen molar-refractivity contribution in [2.24, 2.45) is 7.05 Å². The van der Waals surface area contributed by atoms with Gasteiger partial charge in [-0.2, -0.15) is 5.10 Å². The third-order valence-corrected chi connectivity index (χ3v) is 3.61. The standard InChI is InChI=1S/C11H18N4/c1-8-10-11(14(2)13-8)15-6-4-3-5-9(15)7-12-10/h9,12H,3-7H2,1-2H3/t9-/m1/s1. The van der Waals surface area contributed by atoms with Crippen molar-refractivity contribution >= 4 is 11.5 Å². The fourth-order valence-corrected chi connectivity index (χ4v) is 2.89. The summed E-state index contributed by atoms with van der Waals surface area (Å²) in [5.74, 6) is 1.29. The van der Waals surface area contributed by atoms with Crippen LogP contribution in [0.15, 0.2) is 0 Å². The van der Waals surface area contributed by atoms with E-state index in [0.717, 1.165) is 12.2 Å². The second kappa shape index (κ2) is 3.15. The normalized spacial score (nSPS) is 24.4. The Labute approximate surface area is 90.3 Å². The summed E-state index contributed by atoms with van der Waals surface area (Å²) >= 11 is 0. The summed E-state index contributed by atoms with van der Waals surface area (Å²) in [5, 5.41) is 8.02. The minimum atomic E-state index is 0.682. The van der Waals surface area contributed by atoms with Gasteiger partial charge in [-0.1, -0.05) is 0 Å². The molecule has 0 unspecified atom stereocenters. The maximum absolute atomic E-state index is 4.50. The molecule has 4 heteroatoms. The molecule has 2 aliphatic rings. The summed E-state index contributed by atoms with van der Waals surface area (Å²) in [6.07, 6.45) is 4.01. The maximum atomic E-state index is 4.50. The number of anilines is 2. The molecule has 1 fully saturated rings. The summed E-state index contributed by atoms with van der Waals surface area (Å²) < 4.78 is 2.02. The number of rotatable bonds is 0. The first-order valence-corrected chi connectivity index (χ1v) is 5.81. The Morgan fingerprint density at radius 3 is 3.13 bits per heavy atom. The van der Waals surface area contributed by atoms with Gasteiger partial charge in [-0.25, -0.2) is 0 Å². The van der Waals surface area contributed by atoms with Gasteiger partial charge in [0.1, 0.15) is 5.69 Å². The first kappa shape index (κ1) is 9.07. The summed E-state index contributed by atoms with van der Waals surface area (Å²) in [4.78, 5) is 2.54. The van der Waals surface area contributed by atoms with Crippen molar-refractivity contribution in [2.45, 2.75) is 32.2 Å². The molecule has 3 rings (SSSR count). The van der Waals surface area contributed by atoms with Gasteiger partial charge < -0.3 is 10.2 Å². The molecule has 1 aromatic heterocycles. The summed E-state index contributed by atoms with van der Waals surface area (Å²) in [6.45, 7) is 4.36. The molecular weight excluding hydrogens is 188 g/mol. The van der Waals surface area contributed by atoms with Gasteiger partial charge in [0.2, 0.25) is 0 Å².